The Kier molecular flexibility index (Phi) is 6.80. The van der Waals surface area contributed by atoms with Crippen molar-refractivity contribution in [3.63, 3.8) is 0 Å². The number of nitrogens with zero attached hydrogens (tertiary/aromatic N) is 3. The number of carbonyl (C=O) groups is 1. The highest BCUT2D eigenvalue weighted by molar-refractivity contribution is 5.90. The Morgan fingerprint density at radius 3 is 2.59 bits per heavy atom. The third kappa shape index (κ3) is 5.32. The minimum absolute atomic E-state index is 0.00604. The van der Waals surface area contributed by atoms with Crippen LogP contribution >= 0.6 is 0 Å². The quantitative estimate of drug-likeness (QED) is 0.400. The first-order chi connectivity index (χ1) is 15.6. The van der Waals surface area contributed by atoms with Crippen LogP contribution in [0.25, 0.3) is 11.2 Å². The monoisotopic (exact) mass is 428 g/mol. The first-order valence-corrected chi connectivity index (χ1v) is 11.0. The molecule has 2 aromatic carbocycles. The molecule has 0 saturated heterocycles. The summed E-state index contributed by atoms with van der Waals surface area (Å²) in [6.45, 7) is 5.36. The fraction of sp³-hybridized carbons (Fsp3) is 0.269. The van der Waals surface area contributed by atoms with Gasteiger partial charge in [-0.05, 0) is 62.2 Å². The predicted octanol–water partition coefficient (Wildman–Crippen LogP) is 5.15. The number of carbonyl (C=O) groups excluding carboxylic acids is 1. The van der Waals surface area contributed by atoms with E-state index in [1.54, 1.807) is 6.20 Å². The van der Waals surface area contributed by atoms with Crippen LogP contribution in [0, 0.1) is 6.92 Å². The molecule has 0 unspecified atom stereocenters. The number of anilines is 1. The van der Waals surface area contributed by atoms with Crippen molar-refractivity contribution in [3.8, 4) is 5.75 Å². The molecule has 0 fully saturated rings. The van der Waals surface area contributed by atoms with Crippen molar-refractivity contribution in [2.45, 2.75) is 39.7 Å². The molecule has 2 aromatic heterocycles. The Morgan fingerprint density at radius 1 is 1.06 bits per heavy atom. The van der Waals surface area contributed by atoms with E-state index in [4.69, 9.17) is 9.72 Å². The van der Waals surface area contributed by atoms with Crippen molar-refractivity contribution in [2.24, 2.45) is 0 Å². The number of fused-ring (bicyclic) bond motifs is 1. The molecule has 164 valence electrons. The molecule has 4 aromatic rings. The molecule has 0 spiro atoms. The van der Waals surface area contributed by atoms with Crippen LogP contribution in [-0.2, 0) is 17.8 Å². The van der Waals surface area contributed by atoms with E-state index >= 15 is 0 Å². The smallest absolute Gasteiger partial charge is 0.224 e. The number of benzene rings is 2. The van der Waals surface area contributed by atoms with Crippen molar-refractivity contribution >= 4 is 22.8 Å². The summed E-state index contributed by atoms with van der Waals surface area (Å²) in [6, 6.07) is 19.8. The van der Waals surface area contributed by atoms with E-state index in [2.05, 4.69) is 46.1 Å². The zero-order valence-corrected chi connectivity index (χ0v) is 18.5. The minimum Gasteiger partial charge on any atom is -0.494 e. The second kappa shape index (κ2) is 10.1. The van der Waals surface area contributed by atoms with Crippen molar-refractivity contribution in [1.82, 2.24) is 14.5 Å². The second-order valence-corrected chi connectivity index (χ2v) is 7.81. The number of rotatable bonds is 9. The van der Waals surface area contributed by atoms with E-state index in [0.717, 1.165) is 28.4 Å². The van der Waals surface area contributed by atoms with Gasteiger partial charge in [0.25, 0.3) is 0 Å². The molecule has 6 heteroatoms. The maximum absolute atomic E-state index is 12.4. The highest BCUT2D eigenvalue weighted by Gasteiger charge is 2.13. The molecule has 0 aliphatic rings. The molecular weight excluding hydrogens is 400 g/mol. The van der Waals surface area contributed by atoms with Gasteiger partial charge in [-0.25, -0.2) is 9.97 Å². The normalized spacial score (nSPS) is 10.9. The number of hydrogen-bond acceptors (Lipinski definition) is 4. The Morgan fingerprint density at radius 2 is 1.84 bits per heavy atom. The van der Waals surface area contributed by atoms with Gasteiger partial charge < -0.3 is 14.6 Å². The maximum atomic E-state index is 12.4. The third-order valence-corrected chi connectivity index (χ3v) is 5.30. The summed E-state index contributed by atoms with van der Waals surface area (Å²) in [7, 11) is 0. The number of pyridine rings is 1. The largest absolute Gasteiger partial charge is 0.494 e. The van der Waals surface area contributed by atoms with Gasteiger partial charge >= 0.3 is 0 Å². The van der Waals surface area contributed by atoms with Crippen LogP contribution in [0.15, 0.2) is 66.9 Å². The summed E-state index contributed by atoms with van der Waals surface area (Å²) in [5.41, 5.74) is 4.97. The maximum Gasteiger partial charge on any atom is 0.224 e. The van der Waals surface area contributed by atoms with Crippen LogP contribution < -0.4 is 10.1 Å². The van der Waals surface area contributed by atoms with Gasteiger partial charge in [0.2, 0.25) is 5.91 Å². The summed E-state index contributed by atoms with van der Waals surface area (Å²) < 4.78 is 7.59. The lowest BCUT2D eigenvalue weighted by atomic mass is 10.1. The van der Waals surface area contributed by atoms with Crippen LogP contribution in [-0.4, -0.2) is 27.0 Å². The molecule has 2 heterocycles. The molecule has 6 nitrogen and oxygen atoms in total. The van der Waals surface area contributed by atoms with Crippen molar-refractivity contribution in [2.75, 3.05) is 11.9 Å². The zero-order chi connectivity index (χ0) is 22.3. The number of ether oxygens (including phenoxy) is 1. The lowest BCUT2D eigenvalue weighted by Gasteiger charge is -2.10. The lowest BCUT2D eigenvalue weighted by molar-refractivity contribution is -0.116. The molecular formula is C26H28N4O2. The van der Waals surface area contributed by atoms with E-state index in [0.29, 0.717) is 32.4 Å². The molecule has 0 radical (unpaired) electrons. The fourth-order valence-electron chi connectivity index (χ4n) is 3.67. The SMILES string of the molecule is CCOc1ccc(NC(=O)CCCc2nc3cccnc3n2Cc2ccc(C)cc2)cc1. The highest BCUT2D eigenvalue weighted by atomic mass is 16.5. The van der Waals surface area contributed by atoms with Crippen molar-refractivity contribution < 1.29 is 9.53 Å². The number of nitrogens with one attached hydrogen (secondary N) is 1. The summed E-state index contributed by atoms with van der Waals surface area (Å²) in [4.78, 5) is 21.7. The van der Waals surface area contributed by atoms with Crippen LogP contribution in [0.1, 0.15) is 36.7 Å². The Hall–Kier alpha value is -3.67. The van der Waals surface area contributed by atoms with Crippen LogP contribution in [0.3, 0.4) is 0 Å². The summed E-state index contributed by atoms with van der Waals surface area (Å²) >= 11 is 0. The van der Waals surface area contributed by atoms with E-state index in [1.165, 1.54) is 11.1 Å². The van der Waals surface area contributed by atoms with E-state index < -0.39 is 0 Å². The van der Waals surface area contributed by atoms with E-state index in [1.807, 2.05) is 43.3 Å². The van der Waals surface area contributed by atoms with E-state index in [9.17, 15) is 4.79 Å². The van der Waals surface area contributed by atoms with Gasteiger partial charge in [0.05, 0.1) is 13.2 Å². The standard InChI is InChI=1S/C26H28N4O2/c1-3-32-22-15-13-21(14-16-22)28-25(31)8-4-7-24-29-23-6-5-17-27-26(23)30(24)18-20-11-9-19(2)10-12-20/h5-6,9-17H,3-4,7-8,18H2,1-2H3,(H,28,31). The Bertz CT molecular complexity index is 1180. The van der Waals surface area contributed by atoms with Gasteiger partial charge in [-0.1, -0.05) is 29.8 Å². The lowest BCUT2D eigenvalue weighted by Crippen LogP contribution is -2.12. The summed E-state index contributed by atoms with van der Waals surface area (Å²) in [5.74, 6) is 1.74. The van der Waals surface area contributed by atoms with Crippen LogP contribution in [0.5, 0.6) is 5.75 Å². The molecule has 0 aliphatic heterocycles. The van der Waals surface area contributed by atoms with Gasteiger partial charge in [0.15, 0.2) is 5.65 Å². The van der Waals surface area contributed by atoms with E-state index in [-0.39, 0.29) is 5.91 Å². The average molecular weight is 429 g/mol. The molecule has 1 amide bonds. The van der Waals surface area contributed by atoms with Gasteiger partial charge in [0, 0.05) is 24.7 Å². The number of amides is 1. The second-order valence-electron chi connectivity index (χ2n) is 7.81. The fourth-order valence-corrected chi connectivity index (χ4v) is 3.67. The highest BCUT2D eigenvalue weighted by Crippen LogP contribution is 2.19. The average Bonchev–Trinajstić information content (AvgIpc) is 3.14. The first-order valence-electron chi connectivity index (χ1n) is 11.0. The third-order valence-electron chi connectivity index (χ3n) is 5.30. The summed E-state index contributed by atoms with van der Waals surface area (Å²) in [6.07, 6.45) is 3.64. The Balaban J connectivity index is 1.40. The minimum atomic E-state index is -0.00604. The van der Waals surface area contributed by atoms with Crippen molar-refractivity contribution in [1.29, 1.82) is 0 Å². The van der Waals surface area contributed by atoms with Crippen molar-refractivity contribution in [3.05, 3.63) is 83.8 Å². The van der Waals surface area contributed by atoms with Crippen LogP contribution in [0.4, 0.5) is 5.69 Å². The van der Waals surface area contributed by atoms with Gasteiger partial charge in [-0.3, -0.25) is 4.79 Å². The molecule has 0 saturated carbocycles. The van der Waals surface area contributed by atoms with Gasteiger partial charge in [-0.15, -0.1) is 0 Å². The molecule has 0 bridgehead atoms. The number of hydrogen-bond donors (Lipinski definition) is 1. The molecule has 1 N–H and O–H groups in total. The number of aryl methyl sites for hydroxylation is 2. The molecule has 0 atom stereocenters. The Labute approximate surface area is 188 Å². The molecule has 32 heavy (non-hydrogen) atoms. The number of imidazole rings is 1. The zero-order valence-electron chi connectivity index (χ0n) is 18.5. The van der Waals surface area contributed by atoms with Crippen LogP contribution in [0.2, 0.25) is 0 Å². The van der Waals surface area contributed by atoms with Gasteiger partial charge in [-0.2, -0.15) is 0 Å². The molecule has 4 rings (SSSR count). The molecule has 0 aliphatic carbocycles. The number of aromatic nitrogens is 3. The van der Waals surface area contributed by atoms with Gasteiger partial charge in [0.1, 0.15) is 17.1 Å². The summed E-state index contributed by atoms with van der Waals surface area (Å²) in [5, 5.41) is 2.95. The topological polar surface area (TPSA) is 69.0 Å². The predicted molar refractivity (Wildman–Crippen MR) is 127 cm³/mol. The first kappa shape index (κ1) is 21.6.